The van der Waals surface area contributed by atoms with Crippen molar-refractivity contribution in [3.05, 3.63) is 29.8 Å². The maximum absolute atomic E-state index is 10.7. The van der Waals surface area contributed by atoms with Gasteiger partial charge in [-0.15, -0.1) is 0 Å². The molecule has 1 aromatic carbocycles. The number of aldehydes is 1. The van der Waals surface area contributed by atoms with Gasteiger partial charge in [0.05, 0.1) is 6.26 Å². The molecule has 0 atom stereocenters. The van der Waals surface area contributed by atoms with Crippen molar-refractivity contribution in [2.45, 2.75) is 6.42 Å². The normalized spacial score (nSPS) is 10.9. The minimum Gasteiger partial charge on any atom is -0.383 e. The van der Waals surface area contributed by atoms with Gasteiger partial charge >= 0.3 is 10.1 Å². The summed E-state index contributed by atoms with van der Waals surface area (Å²) in [4.78, 5) is 10.2. The van der Waals surface area contributed by atoms with E-state index in [1.54, 1.807) is 12.1 Å². The van der Waals surface area contributed by atoms with Gasteiger partial charge in [-0.3, -0.25) is 0 Å². The maximum atomic E-state index is 10.7. The number of hydrogen-bond donors (Lipinski definition) is 0. The topological polar surface area (TPSA) is 60.4 Å². The zero-order valence-electron chi connectivity index (χ0n) is 7.64. The van der Waals surface area contributed by atoms with Crippen LogP contribution in [0.3, 0.4) is 0 Å². The molecular weight excluding hydrogens is 204 g/mol. The van der Waals surface area contributed by atoms with Gasteiger partial charge in [-0.25, -0.2) is 0 Å². The van der Waals surface area contributed by atoms with E-state index in [4.69, 9.17) is 0 Å². The molecule has 0 aliphatic rings. The van der Waals surface area contributed by atoms with E-state index < -0.39 is 10.1 Å². The molecule has 5 heteroatoms. The molecule has 0 aromatic heterocycles. The second-order valence-electron chi connectivity index (χ2n) is 2.80. The molecule has 76 valence electrons. The molecule has 0 bridgehead atoms. The Morgan fingerprint density at radius 3 is 2.29 bits per heavy atom. The molecule has 0 unspecified atom stereocenters. The molecule has 0 radical (unpaired) electrons. The van der Waals surface area contributed by atoms with Crippen LogP contribution in [0, 0.1) is 0 Å². The van der Waals surface area contributed by atoms with Crippen LogP contribution in [-0.4, -0.2) is 21.0 Å². The first-order valence-electron chi connectivity index (χ1n) is 3.93. The summed E-state index contributed by atoms with van der Waals surface area (Å²) in [6.45, 7) is 0. The second-order valence-corrected chi connectivity index (χ2v) is 4.38. The SMILES string of the molecule is CS(=O)(=O)Oc1ccc(CC=O)cc1. The monoisotopic (exact) mass is 214 g/mol. The quantitative estimate of drug-likeness (QED) is 0.548. The number of carbonyl (C=O) groups is 1. The molecule has 0 amide bonds. The fraction of sp³-hybridized carbons (Fsp3) is 0.222. The van der Waals surface area contributed by atoms with Gasteiger partial charge < -0.3 is 8.98 Å². The lowest BCUT2D eigenvalue weighted by Gasteiger charge is -2.02. The van der Waals surface area contributed by atoms with Gasteiger partial charge in [0.2, 0.25) is 0 Å². The number of benzene rings is 1. The van der Waals surface area contributed by atoms with Crippen LogP contribution in [0.15, 0.2) is 24.3 Å². The average molecular weight is 214 g/mol. The lowest BCUT2D eigenvalue weighted by Crippen LogP contribution is -2.05. The molecule has 0 saturated carbocycles. The summed E-state index contributed by atoms with van der Waals surface area (Å²) in [6.07, 6.45) is 2.08. The Hall–Kier alpha value is -1.36. The zero-order valence-corrected chi connectivity index (χ0v) is 8.45. The highest BCUT2D eigenvalue weighted by Crippen LogP contribution is 2.13. The van der Waals surface area contributed by atoms with Crippen LogP contribution in [0.25, 0.3) is 0 Å². The van der Waals surface area contributed by atoms with Crippen molar-refractivity contribution in [3.8, 4) is 5.75 Å². The molecule has 0 spiro atoms. The van der Waals surface area contributed by atoms with Crippen molar-refractivity contribution in [3.63, 3.8) is 0 Å². The van der Waals surface area contributed by atoms with E-state index in [9.17, 15) is 13.2 Å². The van der Waals surface area contributed by atoms with Crippen LogP contribution >= 0.6 is 0 Å². The van der Waals surface area contributed by atoms with Crippen molar-refractivity contribution in [1.82, 2.24) is 0 Å². The van der Waals surface area contributed by atoms with E-state index in [0.29, 0.717) is 6.42 Å². The number of carbonyl (C=O) groups excluding carboxylic acids is 1. The summed E-state index contributed by atoms with van der Waals surface area (Å²) < 4.78 is 26.1. The smallest absolute Gasteiger partial charge is 0.306 e. The van der Waals surface area contributed by atoms with Crippen molar-refractivity contribution in [2.75, 3.05) is 6.26 Å². The Morgan fingerprint density at radius 1 is 1.29 bits per heavy atom. The summed E-state index contributed by atoms with van der Waals surface area (Å²) in [5, 5.41) is 0. The van der Waals surface area contributed by atoms with Gasteiger partial charge in [0.25, 0.3) is 0 Å². The van der Waals surface area contributed by atoms with Crippen LogP contribution in [0.5, 0.6) is 5.75 Å². The molecule has 1 rings (SSSR count). The van der Waals surface area contributed by atoms with Gasteiger partial charge in [-0.2, -0.15) is 8.42 Å². The average Bonchev–Trinajstić information content (AvgIpc) is 2.06. The Morgan fingerprint density at radius 2 is 1.86 bits per heavy atom. The molecule has 1 aromatic rings. The third-order valence-corrected chi connectivity index (χ3v) is 1.99. The summed E-state index contributed by atoms with van der Waals surface area (Å²) in [5.74, 6) is 0.252. The van der Waals surface area contributed by atoms with Crippen molar-refractivity contribution < 1.29 is 17.4 Å². The van der Waals surface area contributed by atoms with Gasteiger partial charge in [0.1, 0.15) is 12.0 Å². The van der Waals surface area contributed by atoms with Crippen LogP contribution in [0.2, 0.25) is 0 Å². The Labute approximate surface area is 82.6 Å². The highest BCUT2D eigenvalue weighted by atomic mass is 32.2. The van der Waals surface area contributed by atoms with Gasteiger partial charge in [-0.1, -0.05) is 12.1 Å². The van der Waals surface area contributed by atoms with Crippen LogP contribution in [0.1, 0.15) is 5.56 Å². The van der Waals surface area contributed by atoms with Crippen LogP contribution < -0.4 is 4.18 Å². The second kappa shape index (κ2) is 4.23. The highest BCUT2D eigenvalue weighted by Gasteiger charge is 2.03. The first-order chi connectivity index (χ1) is 6.51. The fourth-order valence-corrected chi connectivity index (χ4v) is 1.41. The molecule has 14 heavy (non-hydrogen) atoms. The third kappa shape index (κ3) is 3.57. The summed E-state index contributed by atoms with van der Waals surface area (Å²) >= 11 is 0. The largest absolute Gasteiger partial charge is 0.383 e. The van der Waals surface area contributed by atoms with Gasteiger partial charge in [0, 0.05) is 6.42 Å². The maximum Gasteiger partial charge on any atom is 0.306 e. The molecule has 0 saturated heterocycles. The van der Waals surface area contributed by atoms with E-state index in [1.165, 1.54) is 12.1 Å². The van der Waals surface area contributed by atoms with E-state index in [-0.39, 0.29) is 5.75 Å². The van der Waals surface area contributed by atoms with E-state index >= 15 is 0 Å². The fourth-order valence-electron chi connectivity index (χ4n) is 0.952. The number of rotatable bonds is 4. The van der Waals surface area contributed by atoms with E-state index in [0.717, 1.165) is 18.1 Å². The molecule has 4 nitrogen and oxygen atoms in total. The lowest BCUT2D eigenvalue weighted by molar-refractivity contribution is -0.107. The van der Waals surface area contributed by atoms with E-state index in [2.05, 4.69) is 4.18 Å². The van der Waals surface area contributed by atoms with E-state index in [1.807, 2.05) is 0 Å². The minimum atomic E-state index is -3.47. The standard InChI is InChI=1S/C9H10O4S/c1-14(11,12)13-9-4-2-8(3-5-9)6-7-10/h2-5,7H,6H2,1H3. The summed E-state index contributed by atoms with van der Waals surface area (Å²) in [5.41, 5.74) is 0.820. The highest BCUT2D eigenvalue weighted by molar-refractivity contribution is 7.86. The first kappa shape index (κ1) is 10.7. The van der Waals surface area contributed by atoms with Crippen molar-refractivity contribution >= 4 is 16.4 Å². The van der Waals surface area contributed by atoms with Crippen molar-refractivity contribution in [1.29, 1.82) is 0 Å². The van der Waals surface area contributed by atoms with Crippen LogP contribution in [-0.2, 0) is 21.3 Å². The van der Waals surface area contributed by atoms with Gasteiger partial charge in [0.15, 0.2) is 0 Å². The molecular formula is C9H10O4S. The summed E-state index contributed by atoms with van der Waals surface area (Å²) in [6, 6.07) is 6.32. The zero-order chi connectivity index (χ0) is 10.6. The lowest BCUT2D eigenvalue weighted by atomic mass is 10.2. The molecule has 0 aliphatic carbocycles. The molecule has 0 heterocycles. The Bertz CT molecular complexity index is 405. The Balaban J connectivity index is 2.78. The van der Waals surface area contributed by atoms with Crippen molar-refractivity contribution in [2.24, 2.45) is 0 Å². The summed E-state index contributed by atoms with van der Waals surface area (Å²) in [7, 11) is -3.47. The Kier molecular flexibility index (Phi) is 3.24. The first-order valence-corrected chi connectivity index (χ1v) is 5.75. The minimum absolute atomic E-state index is 0.252. The number of hydrogen-bond acceptors (Lipinski definition) is 4. The predicted octanol–water partition coefficient (Wildman–Crippen LogP) is 0.766. The molecule has 0 N–H and O–H groups in total. The molecule has 0 fully saturated rings. The molecule has 0 aliphatic heterocycles. The third-order valence-electron chi connectivity index (χ3n) is 1.49. The predicted molar refractivity (Wildman–Crippen MR) is 51.7 cm³/mol. The van der Waals surface area contributed by atoms with Gasteiger partial charge in [-0.05, 0) is 17.7 Å². The van der Waals surface area contributed by atoms with Crippen LogP contribution in [0.4, 0.5) is 0 Å².